The molecule has 0 aromatic rings. The predicted octanol–water partition coefficient (Wildman–Crippen LogP) is 0.801. The number of piperidine rings is 1. The van der Waals surface area contributed by atoms with Crippen molar-refractivity contribution in [1.82, 2.24) is 4.90 Å². The number of nitrogens with two attached hydrogens (primary N) is 1. The number of rotatable bonds is 3. The van der Waals surface area contributed by atoms with E-state index in [2.05, 4.69) is 0 Å². The molecule has 0 aliphatic carbocycles. The highest BCUT2D eigenvalue weighted by Crippen LogP contribution is 2.32. The maximum atomic E-state index is 12.7. The van der Waals surface area contributed by atoms with E-state index >= 15 is 0 Å². The van der Waals surface area contributed by atoms with Crippen molar-refractivity contribution in [2.75, 3.05) is 40.0 Å². The summed E-state index contributed by atoms with van der Waals surface area (Å²) in [6.45, 7) is 3.25. The van der Waals surface area contributed by atoms with Crippen LogP contribution in [0.3, 0.4) is 0 Å². The number of nitrogens with zero attached hydrogens (tertiary/aromatic N) is 1. The smallest absolute Gasteiger partial charge is 0.230 e. The standard InChI is InChI=1S/C13H24N2O3.ClH/c1-17-11-3-2-6-15(9-11)12(16)13(10-14)4-7-18-8-5-13;/h11H,2-10,14H2,1H3;1H. The Labute approximate surface area is 121 Å². The van der Waals surface area contributed by atoms with E-state index in [0.29, 0.717) is 26.3 Å². The number of hydrogen-bond donors (Lipinski definition) is 1. The average Bonchev–Trinajstić information content (AvgIpc) is 2.47. The number of hydrogen-bond acceptors (Lipinski definition) is 4. The highest BCUT2D eigenvalue weighted by atomic mass is 35.5. The molecular weight excluding hydrogens is 268 g/mol. The van der Waals surface area contributed by atoms with Gasteiger partial charge in [0.15, 0.2) is 0 Å². The van der Waals surface area contributed by atoms with E-state index < -0.39 is 5.41 Å². The van der Waals surface area contributed by atoms with Gasteiger partial charge in [-0.2, -0.15) is 0 Å². The van der Waals surface area contributed by atoms with Crippen molar-refractivity contribution in [2.45, 2.75) is 31.8 Å². The summed E-state index contributed by atoms with van der Waals surface area (Å²) in [4.78, 5) is 14.6. The van der Waals surface area contributed by atoms with Crippen LogP contribution in [0.1, 0.15) is 25.7 Å². The average molecular weight is 293 g/mol. The van der Waals surface area contributed by atoms with Crippen LogP contribution in [-0.4, -0.2) is 56.9 Å². The second-order valence-corrected chi connectivity index (χ2v) is 5.35. The van der Waals surface area contributed by atoms with Crippen LogP contribution in [-0.2, 0) is 14.3 Å². The lowest BCUT2D eigenvalue weighted by molar-refractivity contribution is -0.150. The van der Waals surface area contributed by atoms with Crippen LogP contribution in [0.25, 0.3) is 0 Å². The maximum absolute atomic E-state index is 12.7. The number of ether oxygens (including phenoxy) is 2. The molecule has 2 aliphatic heterocycles. The number of likely N-dealkylation sites (tertiary alicyclic amines) is 1. The van der Waals surface area contributed by atoms with Crippen LogP contribution in [0.5, 0.6) is 0 Å². The Hall–Kier alpha value is -0.360. The SMILES string of the molecule is COC1CCCN(C(=O)C2(CN)CCOCC2)C1.Cl. The zero-order valence-corrected chi connectivity index (χ0v) is 12.4. The van der Waals surface area contributed by atoms with Crippen molar-refractivity contribution in [2.24, 2.45) is 11.1 Å². The zero-order chi connectivity index (χ0) is 13.0. The van der Waals surface area contributed by atoms with Gasteiger partial charge in [-0.15, -0.1) is 12.4 Å². The molecule has 0 aromatic heterocycles. The lowest BCUT2D eigenvalue weighted by atomic mass is 9.78. The minimum absolute atomic E-state index is 0. The van der Waals surface area contributed by atoms with Crippen LogP contribution in [0.4, 0.5) is 0 Å². The van der Waals surface area contributed by atoms with Crippen LogP contribution < -0.4 is 5.73 Å². The van der Waals surface area contributed by atoms with Gasteiger partial charge in [0.25, 0.3) is 0 Å². The van der Waals surface area contributed by atoms with E-state index in [0.717, 1.165) is 32.2 Å². The number of methoxy groups -OCH3 is 1. The maximum Gasteiger partial charge on any atom is 0.230 e. The first-order valence-corrected chi connectivity index (χ1v) is 6.82. The minimum atomic E-state index is -0.395. The van der Waals surface area contributed by atoms with Gasteiger partial charge < -0.3 is 20.1 Å². The van der Waals surface area contributed by atoms with Crippen molar-refractivity contribution in [3.05, 3.63) is 0 Å². The summed E-state index contributed by atoms with van der Waals surface area (Å²) >= 11 is 0. The molecule has 2 rings (SSSR count). The summed E-state index contributed by atoms with van der Waals surface area (Å²) in [6.07, 6.45) is 3.73. The van der Waals surface area contributed by atoms with Crippen molar-refractivity contribution in [3.63, 3.8) is 0 Å². The van der Waals surface area contributed by atoms with Gasteiger partial charge in [0.2, 0.25) is 5.91 Å². The van der Waals surface area contributed by atoms with Gasteiger partial charge in [0.1, 0.15) is 0 Å². The largest absolute Gasteiger partial charge is 0.381 e. The molecule has 19 heavy (non-hydrogen) atoms. The van der Waals surface area contributed by atoms with Crippen molar-refractivity contribution in [1.29, 1.82) is 0 Å². The quantitative estimate of drug-likeness (QED) is 0.836. The van der Waals surface area contributed by atoms with Gasteiger partial charge in [0.05, 0.1) is 11.5 Å². The number of amides is 1. The normalized spacial score (nSPS) is 26.6. The molecule has 112 valence electrons. The topological polar surface area (TPSA) is 64.8 Å². The summed E-state index contributed by atoms with van der Waals surface area (Å²) in [7, 11) is 1.71. The summed E-state index contributed by atoms with van der Waals surface area (Å²) in [5, 5.41) is 0. The number of halogens is 1. The molecule has 2 saturated heterocycles. The Morgan fingerprint density at radius 3 is 2.74 bits per heavy atom. The fourth-order valence-electron chi connectivity index (χ4n) is 2.92. The number of carbonyl (C=O) groups is 1. The van der Waals surface area contributed by atoms with Crippen LogP contribution >= 0.6 is 12.4 Å². The van der Waals surface area contributed by atoms with E-state index in [-0.39, 0.29) is 24.4 Å². The Morgan fingerprint density at radius 1 is 1.47 bits per heavy atom. The number of carbonyl (C=O) groups excluding carboxylic acids is 1. The van der Waals surface area contributed by atoms with Gasteiger partial charge in [-0.3, -0.25) is 4.79 Å². The predicted molar refractivity (Wildman–Crippen MR) is 75.4 cm³/mol. The van der Waals surface area contributed by atoms with E-state index in [1.807, 2.05) is 4.90 Å². The monoisotopic (exact) mass is 292 g/mol. The third kappa shape index (κ3) is 3.60. The van der Waals surface area contributed by atoms with Gasteiger partial charge in [-0.05, 0) is 25.7 Å². The molecule has 2 fully saturated rings. The molecule has 5 nitrogen and oxygen atoms in total. The molecule has 0 saturated carbocycles. The molecule has 0 spiro atoms. The molecule has 0 radical (unpaired) electrons. The second kappa shape index (κ2) is 7.43. The van der Waals surface area contributed by atoms with Crippen molar-refractivity contribution < 1.29 is 14.3 Å². The first-order valence-electron chi connectivity index (χ1n) is 6.82. The molecule has 2 aliphatic rings. The molecule has 2 N–H and O–H groups in total. The Balaban J connectivity index is 0.00000180. The van der Waals surface area contributed by atoms with E-state index in [4.69, 9.17) is 15.2 Å². The molecule has 0 aromatic carbocycles. The van der Waals surface area contributed by atoms with Crippen LogP contribution in [0.15, 0.2) is 0 Å². The lowest BCUT2D eigenvalue weighted by Crippen LogP contribution is -2.54. The van der Waals surface area contributed by atoms with Crippen LogP contribution in [0, 0.1) is 5.41 Å². The minimum Gasteiger partial charge on any atom is -0.381 e. The van der Waals surface area contributed by atoms with E-state index in [1.54, 1.807) is 7.11 Å². The molecule has 1 unspecified atom stereocenters. The van der Waals surface area contributed by atoms with E-state index in [9.17, 15) is 4.79 Å². The highest BCUT2D eigenvalue weighted by Gasteiger charge is 2.42. The summed E-state index contributed by atoms with van der Waals surface area (Å²) in [5.74, 6) is 0.204. The molecule has 0 bridgehead atoms. The van der Waals surface area contributed by atoms with Crippen molar-refractivity contribution in [3.8, 4) is 0 Å². The van der Waals surface area contributed by atoms with Gasteiger partial charge in [-0.25, -0.2) is 0 Å². The summed E-state index contributed by atoms with van der Waals surface area (Å²) in [6, 6.07) is 0. The van der Waals surface area contributed by atoms with Crippen molar-refractivity contribution >= 4 is 18.3 Å². The summed E-state index contributed by atoms with van der Waals surface area (Å²) < 4.78 is 10.7. The molecule has 1 atom stereocenters. The highest BCUT2D eigenvalue weighted by molar-refractivity contribution is 5.85. The lowest BCUT2D eigenvalue weighted by Gasteiger charge is -2.41. The first-order chi connectivity index (χ1) is 8.72. The first kappa shape index (κ1) is 16.7. The second-order valence-electron chi connectivity index (χ2n) is 5.35. The Morgan fingerprint density at radius 2 is 2.16 bits per heavy atom. The summed E-state index contributed by atoms with van der Waals surface area (Å²) in [5.41, 5.74) is 5.48. The molecule has 2 heterocycles. The third-order valence-corrected chi connectivity index (χ3v) is 4.29. The van der Waals surface area contributed by atoms with Crippen LogP contribution in [0.2, 0.25) is 0 Å². The Bertz CT molecular complexity index is 296. The van der Waals surface area contributed by atoms with E-state index in [1.165, 1.54) is 0 Å². The van der Waals surface area contributed by atoms with Gasteiger partial charge in [0, 0.05) is 40.0 Å². The van der Waals surface area contributed by atoms with Gasteiger partial charge in [-0.1, -0.05) is 0 Å². The molecular formula is C13H25ClN2O3. The van der Waals surface area contributed by atoms with Gasteiger partial charge >= 0.3 is 0 Å². The fourth-order valence-corrected chi connectivity index (χ4v) is 2.92. The third-order valence-electron chi connectivity index (χ3n) is 4.29. The zero-order valence-electron chi connectivity index (χ0n) is 11.6. The fraction of sp³-hybridized carbons (Fsp3) is 0.923. The molecule has 1 amide bonds. The molecule has 6 heteroatoms. The Kier molecular flexibility index (Phi) is 6.53.